The SMILES string of the molecule is Cc1nn(Cc2ccc(Cl)cc2)c(C)c1NC(=S)Nc1ccc(Br)cc1Cl. The average Bonchev–Trinajstić information content (AvgIpc) is 2.87. The third-order valence-electron chi connectivity index (χ3n) is 4.04. The van der Waals surface area contributed by atoms with E-state index in [1.165, 1.54) is 0 Å². The van der Waals surface area contributed by atoms with Crippen LogP contribution in [0.1, 0.15) is 17.0 Å². The first kappa shape index (κ1) is 20.1. The Bertz CT molecular complexity index is 986. The molecule has 0 aliphatic carbocycles. The summed E-state index contributed by atoms with van der Waals surface area (Å²) in [6.45, 7) is 4.61. The fraction of sp³-hybridized carbons (Fsp3) is 0.158. The zero-order valence-corrected chi connectivity index (χ0v) is 18.6. The molecule has 0 saturated carbocycles. The molecule has 140 valence electrons. The van der Waals surface area contributed by atoms with Crippen molar-refractivity contribution in [1.82, 2.24) is 9.78 Å². The highest BCUT2D eigenvalue weighted by molar-refractivity contribution is 9.10. The van der Waals surface area contributed by atoms with Crippen LogP contribution in [0.5, 0.6) is 0 Å². The van der Waals surface area contributed by atoms with Crippen molar-refractivity contribution < 1.29 is 0 Å². The monoisotopic (exact) mass is 482 g/mol. The summed E-state index contributed by atoms with van der Waals surface area (Å²) in [5.74, 6) is 0. The lowest BCUT2D eigenvalue weighted by atomic mass is 10.2. The Balaban J connectivity index is 1.74. The Hall–Kier alpha value is -1.60. The van der Waals surface area contributed by atoms with Crippen LogP contribution < -0.4 is 10.6 Å². The van der Waals surface area contributed by atoms with Gasteiger partial charge in [-0.15, -0.1) is 0 Å². The maximum absolute atomic E-state index is 6.24. The maximum Gasteiger partial charge on any atom is 0.175 e. The number of aryl methyl sites for hydroxylation is 1. The van der Waals surface area contributed by atoms with E-state index >= 15 is 0 Å². The van der Waals surface area contributed by atoms with Crippen molar-refractivity contribution in [3.05, 3.63) is 73.9 Å². The summed E-state index contributed by atoms with van der Waals surface area (Å²) in [6.07, 6.45) is 0. The molecule has 0 atom stereocenters. The molecule has 3 rings (SSSR count). The van der Waals surface area contributed by atoms with Gasteiger partial charge in [-0.05, 0) is 62.0 Å². The van der Waals surface area contributed by atoms with Crippen LogP contribution >= 0.6 is 51.3 Å². The fourth-order valence-electron chi connectivity index (χ4n) is 2.65. The minimum atomic E-state index is 0.455. The van der Waals surface area contributed by atoms with E-state index in [9.17, 15) is 0 Å². The molecule has 4 nitrogen and oxygen atoms in total. The molecule has 0 aliphatic heterocycles. The Morgan fingerprint density at radius 2 is 1.81 bits per heavy atom. The minimum absolute atomic E-state index is 0.455. The summed E-state index contributed by atoms with van der Waals surface area (Å²) in [5.41, 5.74) is 4.61. The summed E-state index contributed by atoms with van der Waals surface area (Å²) >= 11 is 21.0. The third kappa shape index (κ3) is 5.02. The van der Waals surface area contributed by atoms with Crippen molar-refractivity contribution in [3.63, 3.8) is 0 Å². The summed E-state index contributed by atoms with van der Waals surface area (Å²) in [7, 11) is 0. The number of halogens is 3. The number of hydrogen-bond acceptors (Lipinski definition) is 2. The van der Waals surface area contributed by atoms with E-state index in [2.05, 4.69) is 31.7 Å². The lowest BCUT2D eigenvalue weighted by molar-refractivity contribution is 0.659. The molecule has 0 saturated heterocycles. The number of hydrogen-bond donors (Lipinski definition) is 2. The van der Waals surface area contributed by atoms with E-state index in [1.54, 1.807) is 0 Å². The molecule has 0 aliphatic rings. The molecule has 0 bridgehead atoms. The largest absolute Gasteiger partial charge is 0.331 e. The molecular weight excluding hydrogens is 467 g/mol. The van der Waals surface area contributed by atoms with Gasteiger partial charge in [0.15, 0.2) is 5.11 Å². The summed E-state index contributed by atoms with van der Waals surface area (Å²) < 4.78 is 2.85. The Morgan fingerprint density at radius 1 is 1.11 bits per heavy atom. The lowest BCUT2D eigenvalue weighted by Crippen LogP contribution is -2.20. The van der Waals surface area contributed by atoms with Gasteiger partial charge in [-0.3, -0.25) is 4.68 Å². The molecule has 2 aromatic carbocycles. The second-order valence-corrected chi connectivity index (χ2v) is 8.20. The zero-order chi connectivity index (χ0) is 19.6. The van der Waals surface area contributed by atoms with Crippen molar-refractivity contribution in [2.24, 2.45) is 0 Å². The van der Waals surface area contributed by atoms with Crippen molar-refractivity contribution in [1.29, 1.82) is 0 Å². The van der Waals surface area contributed by atoms with Gasteiger partial charge in [-0.2, -0.15) is 5.10 Å². The number of thiocarbonyl (C=S) groups is 1. The predicted molar refractivity (Wildman–Crippen MR) is 121 cm³/mol. The lowest BCUT2D eigenvalue weighted by Gasteiger charge is -2.12. The number of rotatable bonds is 4. The van der Waals surface area contributed by atoms with Gasteiger partial charge in [0.2, 0.25) is 0 Å². The maximum atomic E-state index is 6.24. The van der Waals surface area contributed by atoms with Gasteiger partial charge < -0.3 is 10.6 Å². The topological polar surface area (TPSA) is 41.9 Å². The van der Waals surface area contributed by atoms with Crippen molar-refractivity contribution in [3.8, 4) is 0 Å². The van der Waals surface area contributed by atoms with Gasteiger partial charge in [0, 0.05) is 9.50 Å². The fourth-order valence-corrected chi connectivity index (χ4v) is 3.71. The van der Waals surface area contributed by atoms with Gasteiger partial charge in [0.25, 0.3) is 0 Å². The van der Waals surface area contributed by atoms with E-state index in [1.807, 2.05) is 61.0 Å². The molecule has 8 heteroatoms. The van der Waals surface area contributed by atoms with E-state index in [4.69, 9.17) is 35.4 Å². The summed E-state index contributed by atoms with van der Waals surface area (Å²) in [6, 6.07) is 13.3. The number of anilines is 2. The highest BCUT2D eigenvalue weighted by atomic mass is 79.9. The molecule has 1 aromatic heterocycles. The van der Waals surface area contributed by atoms with Crippen LogP contribution in [-0.4, -0.2) is 14.9 Å². The quantitative estimate of drug-likeness (QED) is 0.419. The normalized spacial score (nSPS) is 10.7. The third-order valence-corrected chi connectivity index (χ3v) is 5.31. The van der Waals surface area contributed by atoms with Crippen molar-refractivity contribution >= 4 is 67.8 Å². The molecular formula is C19H17BrCl2N4S. The summed E-state index contributed by atoms with van der Waals surface area (Å²) in [4.78, 5) is 0. The molecule has 27 heavy (non-hydrogen) atoms. The number of benzene rings is 2. The van der Waals surface area contributed by atoms with Crippen LogP contribution in [0, 0.1) is 13.8 Å². The van der Waals surface area contributed by atoms with Gasteiger partial charge in [0.1, 0.15) is 0 Å². The molecule has 0 amide bonds. The van der Waals surface area contributed by atoms with Gasteiger partial charge in [-0.25, -0.2) is 0 Å². The Kier molecular flexibility index (Phi) is 6.42. The summed E-state index contributed by atoms with van der Waals surface area (Å²) in [5, 5.41) is 12.7. The standard InChI is InChI=1S/C19H17BrCl2N4S/c1-11-18(24-19(27)23-17-8-5-14(20)9-16(17)22)12(2)26(25-11)10-13-3-6-15(21)7-4-13/h3-9H,10H2,1-2H3,(H2,23,24,27). The molecule has 3 aromatic rings. The highest BCUT2D eigenvalue weighted by Gasteiger charge is 2.14. The number of nitrogens with zero attached hydrogens (tertiary/aromatic N) is 2. The highest BCUT2D eigenvalue weighted by Crippen LogP contribution is 2.26. The van der Waals surface area contributed by atoms with E-state index in [0.717, 1.165) is 37.8 Å². The smallest absolute Gasteiger partial charge is 0.175 e. The van der Waals surface area contributed by atoms with Crippen molar-refractivity contribution in [2.75, 3.05) is 10.6 Å². The number of aromatic nitrogens is 2. The van der Waals surface area contributed by atoms with E-state index in [0.29, 0.717) is 16.7 Å². The average molecular weight is 484 g/mol. The van der Waals surface area contributed by atoms with E-state index in [-0.39, 0.29) is 0 Å². The predicted octanol–water partition coefficient (Wildman–Crippen LogP) is 6.43. The van der Waals surface area contributed by atoms with Crippen LogP contribution in [0.4, 0.5) is 11.4 Å². The van der Waals surface area contributed by atoms with Crippen LogP contribution in [0.2, 0.25) is 10.0 Å². The molecule has 1 heterocycles. The van der Waals surface area contributed by atoms with Crippen LogP contribution in [-0.2, 0) is 6.54 Å². The second kappa shape index (κ2) is 8.61. The first-order chi connectivity index (χ1) is 12.8. The molecule has 2 N–H and O–H groups in total. The Labute approximate surface area is 182 Å². The molecule has 0 unspecified atom stereocenters. The van der Waals surface area contributed by atoms with E-state index < -0.39 is 0 Å². The molecule has 0 radical (unpaired) electrons. The van der Waals surface area contributed by atoms with Gasteiger partial charge in [-0.1, -0.05) is 51.3 Å². The van der Waals surface area contributed by atoms with Gasteiger partial charge >= 0.3 is 0 Å². The zero-order valence-electron chi connectivity index (χ0n) is 14.7. The van der Waals surface area contributed by atoms with Crippen LogP contribution in [0.25, 0.3) is 0 Å². The molecule has 0 fully saturated rings. The molecule has 0 spiro atoms. The van der Waals surface area contributed by atoms with Crippen LogP contribution in [0.3, 0.4) is 0 Å². The second-order valence-electron chi connectivity index (χ2n) is 6.03. The van der Waals surface area contributed by atoms with Gasteiger partial charge in [0.05, 0.1) is 34.3 Å². The first-order valence-corrected chi connectivity index (χ1v) is 10.1. The minimum Gasteiger partial charge on any atom is -0.331 e. The number of nitrogens with one attached hydrogen (secondary N) is 2. The first-order valence-electron chi connectivity index (χ1n) is 8.15. The van der Waals surface area contributed by atoms with Crippen LogP contribution in [0.15, 0.2) is 46.9 Å². The van der Waals surface area contributed by atoms with Crippen molar-refractivity contribution in [2.45, 2.75) is 20.4 Å². The Morgan fingerprint density at radius 3 is 2.48 bits per heavy atom.